The van der Waals surface area contributed by atoms with Gasteiger partial charge >= 0.3 is 23.6 Å². The zero-order valence-corrected chi connectivity index (χ0v) is 19.1. The van der Waals surface area contributed by atoms with E-state index in [1.807, 2.05) is 0 Å². The average molecular weight is 453 g/mol. The smallest absolute Gasteiger partial charge is 0.351 e. The summed E-state index contributed by atoms with van der Waals surface area (Å²) in [6.07, 6.45) is -3.12. The Morgan fingerprint density at radius 2 is 1.53 bits per heavy atom. The molecule has 1 aliphatic rings. The Balaban J connectivity index is 2.45. The second kappa shape index (κ2) is 10.6. The van der Waals surface area contributed by atoms with Crippen molar-refractivity contribution < 1.29 is 33.3 Å². The molecule has 4 atom stereocenters. The molecule has 2 rings (SSSR count). The molecule has 1 aromatic heterocycles. The molecule has 178 valence electrons. The highest BCUT2D eigenvalue weighted by atomic mass is 16.7. The fourth-order valence-corrected chi connectivity index (χ4v) is 2.82. The number of nitrogen functional groups attached to an aromatic ring is 1. The molecule has 0 amide bonds. The molecule has 2 N–H and O–H groups in total. The molecule has 0 bridgehead atoms. The van der Waals surface area contributed by atoms with E-state index in [0.29, 0.717) is 0 Å². The first-order valence-corrected chi connectivity index (χ1v) is 10.5. The number of aromatic nitrogens is 2. The van der Waals surface area contributed by atoms with Gasteiger partial charge in [0.1, 0.15) is 18.5 Å². The minimum atomic E-state index is -1.18. The molecular formula is C21H31N3O8. The van der Waals surface area contributed by atoms with Gasteiger partial charge in [0.15, 0.2) is 18.4 Å². The summed E-state index contributed by atoms with van der Waals surface area (Å²) in [6.45, 7) is 9.64. The number of esters is 3. The van der Waals surface area contributed by atoms with E-state index in [1.165, 1.54) is 12.3 Å². The molecule has 0 aliphatic carbocycles. The predicted molar refractivity (Wildman–Crippen MR) is 112 cm³/mol. The summed E-state index contributed by atoms with van der Waals surface area (Å²) in [5, 5.41) is 0. The van der Waals surface area contributed by atoms with Gasteiger partial charge in [0.05, 0.1) is 17.8 Å². The van der Waals surface area contributed by atoms with Crippen LogP contribution in [0.4, 0.5) is 5.82 Å². The summed E-state index contributed by atoms with van der Waals surface area (Å²) in [4.78, 5) is 52.9. The molecule has 0 saturated carbocycles. The molecule has 2 heterocycles. The minimum Gasteiger partial charge on any atom is -0.463 e. The van der Waals surface area contributed by atoms with Gasteiger partial charge in [-0.3, -0.25) is 19.0 Å². The van der Waals surface area contributed by atoms with E-state index in [0.717, 1.165) is 4.57 Å². The molecule has 1 saturated heterocycles. The van der Waals surface area contributed by atoms with Crippen LogP contribution in [-0.4, -0.2) is 52.4 Å². The van der Waals surface area contributed by atoms with Crippen LogP contribution in [0.3, 0.4) is 0 Å². The van der Waals surface area contributed by atoms with Crippen LogP contribution in [0.1, 0.15) is 47.8 Å². The van der Waals surface area contributed by atoms with Crippen LogP contribution in [0.15, 0.2) is 17.1 Å². The maximum absolute atomic E-state index is 12.4. The SMILES string of the molecule is CC(C)C(=O)OCC1O[C@@H](n2ccc(N)nc2=O)[C@H](OC(=O)C(C)C)[C@@H]1OC(=O)C(C)C. The summed E-state index contributed by atoms with van der Waals surface area (Å²) < 4.78 is 23.5. The van der Waals surface area contributed by atoms with Gasteiger partial charge in [0.2, 0.25) is 0 Å². The van der Waals surface area contributed by atoms with Crippen molar-refractivity contribution in [1.82, 2.24) is 9.55 Å². The van der Waals surface area contributed by atoms with Crippen molar-refractivity contribution >= 4 is 23.7 Å². The molecule has 11 heteroatoms. The quantitative estimate of drug-likeness (QED) is 0.447. The van der Waals surface area contributed by atoms with Gasteiger partial charge in [0, 0.05) is 6.20 Å². The zero-order chi connectivity index (χ0) is 24.2. The van der Waals surface area contributed by atoms with Crippen molar-refractivity contribution in [2.75, 3.05) is 12.3 Å². The van der Waals surface area contributed by atoms with E-state index >= 15 is 0 Å². The lowest BCUT2D eigenvalue weighted by atomic mass is 10.1. The lowest BCUT2D eigenvalue weighted by Crippen LogP contribution is -2.43. The molecule has 32 heavy (non-hydrogen) atoms. The van der Waals surface area contributed by atoms with Gasteiger partial charge in [0.25, 0.3) is 0 Å². The number of hydrogen-bond donors (Lipinski definition) is 1. The van der Waals surface area contributed by atoms with Crippen molar-refractivity contribution in [3.63, 3.8) is 0 Å². The van der Waals surface area contributed by atoms with Crippen LogP contribution in [-0.2, 0) is 33.3 Å². The monoisotopic (exact) mass is 453 g/mol. The third-order valence-corrected chi connectivity index (χ3v) is 4.72. The van der Waals surface area contributed by atoms with E-state index in [2.05, 4.69) is 4.98 Å². The van der Waals surface area contributed by atoms with Crippen LogP contribution in [0.2, 0.25) is 0 Å². The first-order valence-electron chi connectivity index (χ1n) is 10.5. The van der Waals surface area contributed by atoms with Crippen LogP contribution in [0.5, 0.6) is 0 Å². The fourth-order valence-electron chi connectivity index (χ4n) is 2.82. The van der Waals surface area contributed by atoms with E-state index in [9.17, 15) is 19.2 Å². The van der Waals surface area contributed by atoms with Crippen molar-refractivity contribution in [1.29, 1.82) is 0 Å². The number of hydrogen-bond acceptors (Lipinski definition) is 10. The number of anilines is 1. The Morgan fingerprint density at radius 3 is 2.03 bits per heavy atom. The highest BCUT2D eigenvalue weighted by Gasteiger charge is 2.51. The topological polar surface area (TPSA) is 149 Å². The van der Waals surface area contributed by atoms with Gasteiger partial charge in [-0.15, -0.1) is 0 Å². The normalized spacial score (nSPS) is 22.9. The second-order valence-corrected chi connectivity index (χ2v) is 8.50. The van der Waals surface area contributed by atoms with Crippen molar-refractivity contribution in [3.8, 4) is 0 Å². The standard InChI is InChI=1S/C21H31N3O8/c1-10(2)18(25)29-9-13-15(31-19(26)11(3)4)16(32-20(27)12(5)6)17(30-13)24-8-7-14(22)23-21(24)28/h7-8,10-13,15-17H,9H2,1-6H3,(H2,22,23,28)/t13?,15-,16-,17-/m1/s1. The van der Waals surface area contributed by atoms with Gasteiger partial charge < -0.3 is 24.7 Å². The number of rotatable bonds is 8. The zero-order valence-electron chi connectivity index (χ0n) is 19.1. The highest BCUT2D eigenvalue weighted by Crippen LogP contribution is 2.34. The first kappa shape index (κ1) is 25.3. The lowest BCUT2D eigenvalue weighted by molar-refractivity contribution is -0.173. The van der Waals surface area contributed by atoms with Crippen molar-refractivity contribution in [2.45, 2.75) is 66.1 Å². The lowest BCUT2D eigenvalue weighted by Gasteiger charge is -2.26. The number of carbonyl (C=O) groups is 3. The van der Waals surface area contributed by atoms with Gasteiger partial charge in [-0.05, 0) is 6.07 Å². The van der Waals surface area contributed by atoms with Gasteiger partial charge in [-0.1, -0.05) is 41.5 Å². The summed E-state index contributed by atoms with van der Waals surface area (Å²) in [5.41, 5.74) is 4.83. The van der Waals surface area contributed by atoms with Crippen molar-refractivity contribution in [2.24, 2.45) is 17.8 Å². The predicted octanol–water partition coefficient (Wildman–Crippen LogP) is 1.06. The van der Waals surface area contributed by atoms with E-state index in [4.69, 9.17) is 24.7 Å². The third-order valence-electron chi connectivity index (χ3n) is 4.72. The van der Waals surface area contributed by atoms with Crippen LogP contribution >= 0.6 is 0 Å². The van der Waals surface area contributed by atoms with E-state index < -0.39 is 60.0 Å². The Morgan fingerprint density at radius 1 is 1.00 bits per heavy atom. The fraction of sp³-hybridized carbons (Fsp3) is 0.667. The molecule has 1 unspecified atom stereocenters. The maximum atomic E-state index is 12.4. The molecule has 11 nitrogen and oxygen atoms in total. The first-order chi connectivity index (χ1) is 14.9. The number of nitrogens with two attached hydrogens (primary N) is 1. The molecule has 1 fully saturated rings. The minimum absolute atomic E-state index is 0.00479. The molecule has 0 aromatic carbocycles. The number of nitrogens with zero attached hydrogens (tertiary/aromatic N) is 2. The summed E-state index contributed by atoms with van der Waals surface area (Å²) in [5.74, 6) is -2.97. The number of ether oxygens (including phenoxy) is 4. The van der Waals surface area contributed by atoms with Crippen LogP contribution in [0.25, 0.3) is 0 Å². The number of carbonyl (C=O) groups excluding carboxylic acids is 3. The molecule has 0 spiro atoms. The summed E-state index contributed by atoms with van der Waals surface area (Å²) >= 11 is 0. The largest absolute Gasteiger partial charge is 0.463 e. The average Bonchev–Trinajstić information content (AvgIpc) is 3.02. The summed E-state index contributed by atoms with van der Waals surface area (Å²) in [6, 6.07) is 1.38. The van der Waals surface area contributed by atoms with Crippen LogP contribution < -0.4 is 11.4 Å². The Bertz CT molecular complexity index is 895. The Kier molecular flexibility index (Phi) is 8.37. The molecule has 0 radical (unpaired) electrons. The molecule has 1 aliphatic heterocycles. The van der Waals surface area contributed by atoms with E-state index in [1.54, 1.807) is 41.5 Å². The van der Waals surface area contributed by atoms with Gasteiger partial charge in [-0.25, -0.2) is 4.79 Å². The molecule has 1 aromatic rings. The van der Waals surface area contributed by atoms with Crippen molar-refractivity contribution in [3.05, 3.63) is 22.7 Å². The van der Waals surface area contributed by atoms with E-state index in [-0.39, 0.29) is 18.3 Å². The maximum Gasteiger partial charge on any atom is 0.351 e. The Labute approximate surface area is 186 Å². The Hall–Kier alpha value is -2.95. The third kappa shape index (κ3) is 6.06. The van der Waals surface area contributed by atoms with Crippen LogP contribution in [0, 0.1) is 17.8 Å². The highest BCUT2D eigenvalue weighted by molar-refractivity contribution is 5.73. The second-order valence-electron chi connectivity index (χ2n) is 8.50. The molecular weight excluding hydrogens is 422 g/mol. The summed E-state index contributed by atoms with van der Waals surface area (Å²) in [7, 11) is 0. The van der Waals surface area contributed by atoms with Gasteiger partial charge in [-0.2, -0.15) is 4.98 Å².